The van der Waals surface area contributed by atoms with Crippen LogP contribution in [0, 0.1) is 5.92 Å². The van der Waals surface area contributed by atoms with Gasteiger partial charge in [-0.25, -0.2) is 0 Å². The molecule has 1 saturated heterocycles. The molecule has 2 heterocycles. The molecule has 40 heavy (non-hydrogen) atoms. The summed E-state index contributed by atoms with van der Waals surface area (Å²) in [6.45, 7) is 8.58. The van der Waals surface area contributed by atoms with Crippen molar-refractivity contribution in [2.75, 3.05) is 32.8 Å². The van der Waals surface area contributed by atoms with Gasteiger partial charge in [-0.1, -0.05) is 48.5 Å². The molecule has 8 nitrogen and oxygen atoms in total. The van der Waals surface area contributed by atoms with Gasteiger partial charge in [0.25, 0.3) is 0 Å². The predicted octanol–water partition coefficient (Wildman–Crippen LogP) is 4.17. The molecule has 0 spiro atoms. The van der Waals surface area contributed by atoms with E-state index in [2.05, 4.69) is 34.1 Å². The standard InChI is InChI=1S/C32H41N3O5/c1-3-31-22-30(2,36)32(37,24-7-5-4-6-8-24)20-25(31)10-9-23-19-26(11-12-27(23)31)39-21-28-33-29(40-34-28)13-14-35-15-17-38-18-16-35/h4-8,11-12,19,25,36-37H,3,9-10,13-18,20-22H2,1-2H3/t25-,30-,31-,32-/m1/s1. The van der Waals surface area contributed by atoms with E-state index in [1.807, 2.05) is 36.4 Å². The smallest absolute Gasteiger partial charge is 0.228 e. The normalized spacial score (nSPS) is 30.4. The number of aryl methyl sites for hydroxylation is 1. The van der Waals surface area contributed by atoms with Crippen molar-refractivity contribution < 1.29 is 24.2 Å². The second-order valence-corrected chi connectivity index (χ2v) is 12.0. The van der Waals surface area contributed by atoms with Crippen LogP contribution in [0.1, 0.15) is 67.9 Å². The van der Waals surface area contributed by atoms with E-state index >= 15 is 0 Å². The Morgan fingerprint density at radius 3 is 2.67 bits per heavy atom. The third kappa shape index (κ3) is 4.96. The average Bonchev–Trinajstić information content (AvgIpc) is 3.44. The Hall–Kier alpha value is -2.78. The van der Waals surface area contributed by atoms with Crippen LogP contribution in [-0.4, -0.2) is 63.7 Å². The third-order valence-corrected chi connectivity index (χ3v) is 9.76. The van der Waals surface area contributed by atoms with E-state index in [0.29, 0.717) is 24.6 Å². The average molecular weight is 548 g/mol. The van der Waals surface area contributed by atoms with Crippen LogP contribution in [0.2, 0.25) is 0 Å². The Morgan fingerprint density at radius 1 is 1.10 bits per heavy atom. The largest absolute Gasteiger partial charge is 0.485 e. The van der Waals surface area contributed by atoms with E-state index in [4.69, 9.17) is 14.0 Å². The van der Waals surface area contributed by atoms with Gasteiger partial charge in [-0.15, -0.1) is 0 Å². The first-order valence-corrected chi connectivity index (χ1v) is 14.7. The van der Waals surface area contributed by atoms with Gasteiger partial charge in [0.05, 0.1) is 18.8 Å². The molecule has 6 rings (SSSR count). The first-order valence-electron chi connectivity index (χ1n) is 14.7. The van der Waals surface area contributed by atoms with Gasteiger partial charge < -0.3 is 24.2 Å². The SMILES string of the molecule is CC[C@@]12C[C@@](C)(O)[C@](O)(c3ccccc3)C[C@H]1CCc1cc(OCc3noc(CCN4CCOCC4)n3)ccc12. The number of morpholine rings is 1. The first kappa shape index (κ1) is 27.4. The minimum Gasteiger partial charge on any atom is -0.485 e. The summed E-state index contributed by atoms with van der Waals surface area (Å²) in [6, 6.07) is 16.0. The van der Waals surface area contributed by atoms with E-state index in [1.165, 1.54) is 11.1 Å². The van der Waals surface area contributed by atoms with Crippen LogP contribution in [0.15, 0.2) is 53.1 Å². The minimum atomic E-state index is -1.27. The number of rotatable bonds is 8. The summed E-state index contributed by atoms with van der Waals surface area (Å²) in [7, 11) is 0. The van der Waals surface area contributed by atoms with Gasteiger partial charge in [0.2, 0.25) is 11.7 Å². The van der Waals surface area contributed by atoms with Crippen LogP contribution in [-0.2, 0) is 35.2 Å². The number of hydrogen-bond donors (Lipinski definition) is 2. The van der Waals surface area contributed by atoms with Gasteiger partial charge in [0.1, 0.15) is 11.4 Å². The third-order valence-electron chi connectivity index (χ3n) is 9.76. The summed E-state index contributed by atoms with van der Waals surface area (Å²) in [5.74, 6) is 2.23. The Kier molecular flexibility index (Phi) is 7.46. The number of fused-ring (bicyclic) bond motifs is 3. The fraction of sp³-hybridized carbons (Fsp3) is 0.562. The molecule has 0 bridgehead atoms. The number of nitrogens with zero attached hydrogens (tertiary/aromatic N) is 3. The van der Waals surface area contributed by atoms with Crippen molar-refractivity contribution in [3.8, 4) is 5.75 Å². The fourth-order valence-corrected chi connectivity index (χ4v) is 7.48. The van der Waals surface area contributed by atoms with Crippen molar-refractivity contribution >= 4 is 0 Å². The number of aliphatic hydroxyl groups is 2. The molecule has 2 fully saturated rings. The van der Waals surface area contributed by atoms with E-state index < -0.39 is 11.2 Å². The Labute approximate surface area is 236 Å². The summed E-state index contributed by atoms with van der Waals surface area (Å²) >= 11 is 0. The second kappa shape index (κ2) is 10.9. The van der Waals surface area contributed by atoms with Crippen molar-refractivity contribution in [2.24, 2.45) is 5.92 Å². The summed E-state index contributed by atoms with van der Waals surface area (Å²) in [6.07, 6.45) is 4.56. The fourth-order valence-electron chi connectivity index (χ4n) is 7.48. The topological polar surface area (TPSA) is 101 Å². The molecular formula is C32H41N3O5. The highest BCUT2D eigenvalue weighted by Crippen LogP contribution is 2.60. The molecule has 4 atom stereocenters. The van der Waals surface area contributed by atoms with Crippen LogP contribution in [0.3, 0.4) is 0 Å². The summed E-state index contributed by atoms with van der Waals surface area (Å²) < 4.78 is 17.0. The Morgan fingerprint density at radius 2 is 1.90 bits per heavy atom. The molecular weight excluding hydrogens is 506 g/mol. The molecule has 1 saturated carbocycles. The van der Waals surface area contributed by atoms with E-state index in [-0.39, 0.29) is 17.9 Å². The van der Waals surface area contributed by atoms with Crippen molar-refractivity contribution in [3.05, 3.63) is 76.9 Å². The number of hydrogen-bond acceptors (Lipinski definition) is 8. The van der Waals surface area contributed by atoms with E-state index in [9.17, 15) is 10.2 Å². The molecule has 1 aromatic heterocycles. The van der Waals surface area contributed by atoms with Gasteiger partial charge in [-0.2, -0.15) is 4.98 Å². The number of aromatic nitrogens is 2. The molecule has 2 aromatic carbocycles. The second-order valence-electron chi connectivity index (χ2n) is 12.0. The summed E-state index contributed by atoms with van der Waals surface area (Å²) in [5, 5.41) is 27.8. The molecule has 2 aliphatic carbocycles. The van der Waals surface area contributed by atoms with Crippen molar-refractivity contribution in [1.29, 1.82) is 0 Å². The summed E-state index contributed by atoms with van der Waals surface area (Å²) in [4.78, 5) is 6.86. The lowest BCUT2D eigenvalue weighted by molar-refractivity contribution is -0.205. The van der Waals surface area contributed by atoms with Crippen LogP contribution >= 0.6 is 0 Å². The lowest BCUT2D eigenvalue weighted by Gasteiger charge is -2.59. The quantitative estimate of drug-likeness (QED) is 0.434. The first-order chi connectivity index (χ1) is 19.3. The van der Waals surface area contributed by atoms with Crippen LogP contribution in [0.25, 0.3) is 0 Å². The highest BCUT2D eigenvalue weighted by Gasteiger charge is 2.60. The van der Waals surface area contributed by atoms with Gasteiger partial charge in [0, 0.05) is 31.5 Å². The highest BCUT2D eigenvalue weighted by molar-refractivity contribution is 5.45. The molecule has 3 aliphatic rings. The molecule has 214 valence electrons. The Bertz CT molecular complexity index is 1300. The lowest BCUT2D eigenvalue weighted by atomic mass is 9.49. The van der Waals surface area contributed by atoms with Crippen molar-refractivity contribution in [2.45, 2.75) is 75.6 Å². The zero-order valence-corrected chi connectivity index (χ0v) is 23.6. The molecule has 0 unspecified atom stereocenters. The summed E-state index contributed by atoms with van der Waals surface area (Å²) in [5.41, 5.74) is 0.603. The van der Waals surface area contributed by atoms with Gasteiger partial charge >= 0.3 is 0 Å². The van der Waals surface area contributed by atoms with Gasteiger partial charge in [-0.05, 0) is 73.8 Å². The van der Waals surface area contributed by atoms with Crippen LogP contribution in [0.5, 0.6) is 5.75 Å². The zero-order valence-electron chi connectivity index (χ0n) is 23.6. The molecule has 1 aliphatic heterocycles. The predicted molar refractivity (Wildman–Crippen MR) is 150 cm³/mol. The van der Waals surface area contributed by atoms with Crippen molar-refractivity contribution in [3.63, 3.8) is 0 Å². The van der Waals surface area contributed by atoms with Crippen LogP contribution in [0.4, 0.5) is 0 Å². The molecule has 3 aromatic rings. The maximum Gasteiger partial charge on any atom is 0.228 e. The maximum atomic E-state index is 11.9. The Balaban J connectivity index is 1.15. The monoisotopic (exact) mass is 547 g/mol. The molecule has 2 N–H and O–H groups in total. The van der Waals surface area contributed by atoms with E-state index in [1.54, 1.807) is 6.92 Å². The molecule has 0 amide bonds. The minimum absolute atomic E-state index is 0.195. The van der Waals surface area contributed by atoms with Gasteiger partial charge in [-0.3, -0.25) is 4.90 Å². The lowest BCUT2D eigenvalue weighted by Crippen LogP contribution is -2.62. The van der Waals surface area contributed by atoms with Gasteiger partial charge in [0.15, 0.2) is 6.61 Å². The number of ether oxygens (including phenoxy) is 2. The molecule has 0 radical (unpaired) electrons. The van der Waals surface area contributed by atoms with Crippen LogP contribution < -0.4 is 4.74 Å². The molecule has 8 heteroatoms. The highest BCUT2D eigenvalue weighted by atomic mass is 16.5. The zero-order chi connectivity index (χ0) is 27.8. The number of benzene rings is 2. The van der Waals surface area contributed by atoms with Crippen molar-refractivity contribution in [1.82, 2.24) is 15.0 Å². The van der Waals surface area contributed by atoms with E-state index in [0.717, 1.165) is 69.8 Å². The maximum absolute atomic E-state index is 11.9.